The molecule has 0 saturated heterocycles. The number of sulfonamides is 1. The van der Waals surface area contributed by atoms with Crippen molar-refractivity contribution in [1.82, 2.24) is 0 Å². The molecule has 0 fully saturated rings. The van der Waals surface area contributed by atoms with Crippen molar-refractivity contribution < 1.29 is 13.2 Å². The van der Waals surface area contributed by atoms with Crippen molar-refractivity contribution in [3.05, 3.63) is 94.0 Å². The number of carbonyl (C=O) groups excluding carboxylic acids is 1. The van der Waals surface area contributed by atoms with Crippen LogP contribution in [0.15, 0.2) is 77.3 Å². The number of fused-ring (bicyclic) bond motifs is 1. The minimum Gasteiger partial charge on any atom is -0.321 e. The van der Waals surface area contributed by atoms with Crippen LogP contribution in [0.3, 0.4) is 0 Å². The molecule has 0 aliphatic carbocycles. The second kappa shape index (κ2) is 8.08. The van der Waals surface area contributed by atoms with Gasteiger partial charge in [0.2, 0.25) is 10.0 Å². The molecule has 1 aliphatic heterocycles. The molecular weight excluding hydrogens is 464 g/mol. The van der Waals surface area contributed by atoms with Crippen LogP contribution in [0.25, 0.3) is 11.1 Å². The van der Waals surface area contributed by atoms with Crippen LogP contribution in [0.4, 0.5) is 11.4 Å². The molecule has 152 valence electrons. The zero-order valence-corrected chi connectivity index (χ0v) is 18.5. The summed E-state index contributed by atoms with van der Waals surface area (Å²) in [5.41, 5.74) is 4.83. The lowest BCUT2D eigenvalue weighted by Gasteiger charge is -2.13. The van der Waals surface area contributed by atoms with Crippen LogP contribution in [0, 0.1) is 0 Å². The van der Waals surface area contributed by atoms with Crippen molar-refractivity contribution in [2.45, 2.75) is 6.92 Å². The molecule has 30 heavy (non-hydrogen) atoms. The second-order valence-corrected chi connectivity index (χ2v) is 9.77. The van der Waals surface area contributed by atoms with Crippen molar-refractivity contribution in [2.75, 3.05) is 15.8 Å². The monoisotopic (exact) mass is 482 g/mol. The van der Waals surface area contributed by atoms with Crippen LogP contribution in [-0.4, -0.2) is 20.1 Å². The first-order valence-electron chi connectivity index (χ1n) is 9.40. The van der Waals surface area contributed by atoms with Gasteiger partial charge in [0.1, 0.15) is 0 Å². The van der Waals surface area contributed by atoms with Crippen LogP contribution >= 0.6 is 15.9 Å². The van der Waals surface area contributed by atoms with Gasteiger partial charge < -0.3 is 5.32 Å². The summed E-state index contributed by atoms with van der Waals surface area (Å²) in [7, 11) is -3.43. The molecule has 0 spiro atoms. The number of amides is 1. The van der Waals surface area contributed by atoms with E-state index in [-0.39, 0.29) is 11.7 Å². The van der Waals surface area contributed by atoms with E-state index in [4.69, 9.17) is 0 Å². The summed E-state index contributed by atoms with van der Waals surface area (Å²) < 4.78 is 27.5. The molecule has 2 N–H and O–H groups in total. The van der Waals surface area contributed by atoms with Crippen LogP contribution in [0.1, 0.15) is 23.6 Å². The molecule has 1 aliphatic rings. The molecule has 0 saturated carbocycles. The van der Waals surface area contributed by atoms with Crippen molar-refractivity contribution >= 4 is 54.4 Å². The quantitative estimate of drug-likeness (QED) is 0.495. The van der Waals surface area contributed by atoms with E-state index < -0.39 is 10.0 Å². The van der Waals surface area contributed by atoms with Gasteiger partial charge in [0.15, 0.2) is 0 Å². The maximum absolute atomic E-state index is 13.0. The summed E-state index contributed by atoms with van der Waals surface area (Å²) in [5.74, 6) is -0.250. The third-order valence-corrected chi connectivity index (χ3v) is 6.70. The SMILES string of the molecule is CCS(=O)(=O)Nc1ccc2c(c1)/C(=C(/c1ccccc1)c1ccc(Br)cc1)C(=O)N2. The first-order chi connectivity index (χ1) is 14.4. The summed E-state index contributed by atoms with van der Waals surface area (Å²) in [6, 6.07) is 22.5. The number of nitrogens with one attached hydrogen (secondary N) is 2. The smallest absolute Gasteiger partial charge is 0.257 e. The molecule has 3 aromatic rings. The Labute approximate surface area is 184 Å². The van der Waals surface area contributed by atoms with Crippen molar-refractivity contribution in [3.8, 4) is 0 Å². The largest absolute Gasteiger partial charge is 0.321 e. The van der Waals surface area contributed by atoms with Gasteiger partial charge in [-0.15, -0.1) is 0 Å². The Hall–Kier alpha value is -2.90. The predicted molar refractivity (Wildman–Crippen MR) is 125 cm³/mol. The lowest BCUT2D eigenvalue weighted by Crippen LogP contribution is -2.14. The number of anilines is 2. The Bertz CT molecular complexity index is 1250. The standard InChI is InChI=1S/C23H19BrN2O3S/c1-2-30(28,29)26-18-12-13-20-19(14-18)22(23(27)25-20)21(15-6-4-3-5-7-15)16-8-10-17(24)11-9-16/h3-14,26H,2H2,1H3,(H,25,27)/b22-21+. The summed E-state index contributed by atoms with van der Waals surface area (Å²) in [4.78, 5) is 13.0. The van der Waals surface area contributed by atoms with E-state index in [2.05, 4.69) is 26.0 Å². The predicted octanol–water partition coefficient (Wildman–Crippen LogP) is 5.12. The Morgan fingerprint density at radius 2 is 1.63 bits per heavy atom. The third-order valence-electron chi connectivity index (χ3n) is 4.86. The van der Waals surface area contributed by atoms with Crippen molar-refractivity contribution in [2.24, 2.45) is 0 Å². The molecule has 7 heteroatoms. The van der Waals surface area contributed by atoms with Gasteiger partial charge in [-0.2, -0.15) is 0 Å². The van der Waals surface area contributed by atoms with Crippen LogP contribution in [0.5, 0.6) is 0 Å². The maximum Gasteiger partial charge on any atom is 0.257 e. The molecule has 0 radical (unpaired) electrons. The average Bonchev–Trinajstić information content (AvgIpc) is 3.05. The zero-order valence-electron chi connectivity index (χ0n) is 16.1. The highest BCUT2D eigenvalue weighted by Gasteiger charge is 2.29. The van der Waals surface area contributed by atoms with E-state index in [1.165, 1.54) is 0 Å². The zero-order chi connectivity index (χ0) is 21.3. The molecule has 5 nitrogen and oxygen atoms in total. The molecule has 0 atom stereocenters. The molecular formula is C23H19BrN2O3S. The van der Waals surface area contributed by atoms with Gasteiger partial charge in [-0.05, 0) is 48.4 Å². The average molecular weight is 483 g/mol. The van der Waals surface area contributed by atoms with Gasteiger partial charge in [0.05, 0.1) is 11.3 Å². The van der Waals surface area contributed by atoms with E-state index >= 15 is 0 Å². The van der Waals surface area contributed by atoms with Crippen molar-refractivity contribution in [3.63, 3.8) is 0 Å². The van der Waals surface area contributed by atoms with Gasteiger partial charge in [-0.3, -0.25) is 9.52 Å². The first kappa shape index (κ1) is 20.4. The highest BCUT2D eigenvalue weighted by atomic mass is 79.9. The van der Waals surface area contributed by atoms with E-state index in [0.717, 1.165) is 21.2 Å². The highest BCUT2D eigenvalue weighted by Crippen LogP contribution is 2.41. The number of carbonyl (C=O) groups is 1. The van der Waals surface area contributed by atoms with Gasteiger partial charge in [0, 0.05) is 27.0 Å². The summed E-state index contributed by atoms with van der Waals surface area (Å²) >= 11 is 3.46. The molecule has 1 amide bonds. The number of benzene rings is 3. The Balaban J connectivity index is 1.95. The molecule has 0 unspecified atom stereocenters. The molecule has 3 aromatic carbocycles. The maximum atomic E-state index is 13.0. The number of halogens is 1. The van der Waals surface area contributed by atoms with E-state index in [0.29, 0.717) is 22.5 Å². The first-order valence-corrected chi connectivity index (χ1v) is 11.8. The normalized spacial score (nSPS) is 14.8. The highest BCUT2D eigenvalue weighted by molar-refractivity contribution is 9.10. The third kappa shape index (κ3) is 4.04. The van der Waals surface area contributed by atoms with Crippen LogP contribution in [-0.2, 0) is 14.8 Å². The topological polar surface area (TPSA) is 75.3 Å². The summed E-state index contributed by atoms with van der Waals surface area (Å²) in [6.45, 7) is 1.58. The second-order valence-electron chi connectivity index (χ2n) is 6.84. The minimum atomic E-state index is -3.43. The van der Waals surface area contributed by atoms with Crippen molar-refractivity contribution in [1.29, 1.82) is 0 Å². The fourth-order valence-corrected chi connectivity index (χ4v) is 4.30. The van der Waals surface area contributed by atoms with E-state index in [1.807, 2.05) is 54.6 Å². The minimum absolute atomic E-state index is 0.0296. The Kier molecular flexibility index (Phi) is 5.49. The van der Waals surface area contributed by atoms with Gasteiger partial charge >= 0.3 is 0 Å². The van der Waals surface area contributed by atoms with E-state index in [9.17, 15) is 13.2 Å². The molecule has 4 rings (SSSR count). The summed E-state index contributed by atoms with van der Waals surface area (Å²) in [5, 5.41) is 2.90. The number of hydrogen-bond acceptors (Lipinski definition) is 3. The Morgan fingerprint density at radius 1 is 0.967 bits per heavy atom. The number of hydrogen-bond donors (Lipinski definition) is 2. The fraction of sp³-hybridized carbons (Fsp3) is 0.0870. The van der Waals surface area contributed by atoms with Gasteiger partial charge in [-0.1, -0.05) is 58.4 Å². The molecule has 0 bridgehead atoms. The lowest BCUT2D eigenvalue weighted by atomic mass is 9.90. The van der Waals surface area contributed by atoms with Gasteiger partial charge in [-0.25, -0.2) is 8.42 Å². The van der Waals surface area contributed by atoms with E-state index in [1.54, 1.807) is 25.1 Å². The molecule has 1 heterocycles. The lowest BCUT2D eigenvalue weighted by molar-refractivity contribution is -0.110. The fourth-order valence-electron chi connectivity index (χ4n) is 3.41. The van der Waals surface area contributed by atoms with Crippen LogP contribution in [0.2, 0.25) is 0 Å². The van der Waals surface area contributed by atoms with Crippen LogP contribution < -0.4 is 10.0 Å². The number of rotatable bonds is 5. The summed E-state index contributed by atoms with van der Waals surface area (Å²) in [6.07, 6.45) is 0. The Morgan fingerprint density at radius 3 is 2.30 bits per heavy atom. The molecule has 0 aromatic heterocycles. The van der Waals surface area contributed by atoms with Gasteiger partial charge in [0.25, 0.3) is 5.91 Å².